The van der Waals surface area contributed by atoms with Crippen LogP contribution in [-0.2, 0) is 4.74 Å². The molecular formula is C28H32N4O. The van der Waals surface area contributed by atoms with Crippen LogP contribution in [0.2, 0.25) is 0 Å². The van der Waals surface area contributed by atoms with Gasteiger partial charge in [-0.2, -0.15) is 5.10 Å². The maximum absolute atomic E-state index is 5.43. The smallest absolute Gasteiger partial charge is 0.0854 e. The molecule has 5 nitrogen and oxygen atoms in total. The quantitative estimate of drug-likeness (QED) is 0.473. The number of hydrogen-bond acceptors (Lipinski definition) is 3. The number of nitrogens with one attached hydrogen (secondary N) is 2. The van der Waals surface area contributed by atoms with Gasteiger partial charge in [0.05, 0.1) is 24.6 Å². The van der Waals surface area contributed by atoms with Gasteiger partial charge in [0.15, 0.2) is 0 Å². The highest BCUT2D eigenvalue weighted by Gasteiger charge is 2.12. The molecule has 5 rings (SSSR count). The van der Waals surface area contributed by atoms with E-state index in [1.54, 1.807) is 0 Å². The van der Waals surface area contributed by atoms with Gasteiger partial charge in [0.1, 0.15) is 0 Å². The molecule has 2 N–H and O–H groups in total. The van der Waals surface area contributed by atoms with Crippen LogP contribution >= 0.6 is 0 Å². The molecule has 1 aromatic carbocycles. The fraction of sp³-hybridized carbons (Fsp3) is 0.321. The molecule has 0 spiro atoms. The number of benzene rings is 1. The number of hydrogen-bond donors (Lipinski definition) is 2. The van der Waals surface area contributed by atoms with Crippen LogP contribution in [0.4, 0.5) is 0 Å². The summed E-state index contributed by atoms with van der Waals surface area (Å²) in [6.45, 7) is 5.15. The van der Waals surface area contributed by atoms with E-state index >= 15 is 0 Å². The molecule has 1 unspecified atom stereocenters. The van der Waals surface area contributed by atoms with Crippen molar-refractivity contribution in [3.63, 3.8) is 0 Å². The van der Waals surface area contributed by atoms with E-state index in [1.165, 1.54) is 30.3 Å². The average Bonchev–Trinajstić information content (AvgIpc) is 3.52. The number of aromatic amines is 2. The molecule has 2 aliphatic rings. The minimum absolute atomic E-state index is 0.664. The van der Waals surface area contributed by atoms with Crippen LogP contribution in [0, 0.1) is 5.92 Å². The normalized spacial score (nSPS) is 19.8. The van der Waals surface area contributed by atoms with Gasteiger partial charge in [-0.1, -0.05) is 42.5 Å². The van der Waals surface area contributed by atoms with Crippen molar-refractivity contribution in [3.8, 4) is 0 Å². The van der Waals surface area contributed by atoms with E-state index in [2.05, 4.69) is 86.9 Å². The summed E-state index contributed by atoms with van der Waals surface area (Å²) in [6.07, 6.45) is 21.0. The van der Waals surface area contributed by atoms with E-state index in [1.807, 2.05) is 12.3 Å². The number of ether oxygens (including phenoxy) is 1. The molecule has 0 amide bonds. The highest BCUT2D eigenvalue weighted by atomic mass is 16.5. The van der Waals surface area contributed by atoms with Crippen molar-refractivity contribution < 1.29 is 4.74 Å². The van der Waals surface area contributed by atoms with E-state index < -0.39 is 0 Å². The molecule has 0 radical (unpaired) electrons. The molecule has 0 saturated carbocycles. The molecule has 1 saturated heterocycles. The molecule has 33 heavy (non-hydrogen) atoms. The van der Waals surface area contributed by atoms with E-state index in [0.717, 1.165) is 55.2 Å². The topological polar surface area (TPSA) is 56.9 Å². The van der Waals surface area contributed by atoms with Crippen molar-refractivity contribution in [3.05, 3.63) is 83.4 Å². The minimum atomic E-state index is 0.664. The lowest BCUT2D eigenvalue weighted by molar-refractivity contribution is 0.0369. The second kappa shape index (κ2) is 10.6. The Hall–Kier alpha value is -3.15. The van der Waals surface area contributed by atoms with Gasteiger partial charge in [-0.15, -0.1) is 0 Å². The second-order valence-electron chi connectivity index (χ2n) is 8.89. The first-order valence-corrected chi connectivity index (χ1v) is 12.0. The van der Waals surface area contributed by atoms with Gasteiger partial charge < -0.3 is 9.72 Å². The Morgan fingerprint density at radius 1 is 1.06 bits per heavy atom. The number of fused-ring (bicyclic) bond motifs is 1. The van der Waals surface area contributed by atoms with Crippen molar-refractivity contribution >= 4 is 29.1 Å². The Labute approximate surface area is 195 Å². The van der Waals surface area contributed by atoms with Gasteiger partial charge in [0.25, 0.3) is 0 Å². The summed E-state index contributed by atoms with van der Waals surface area (Å²) in [5, 5.41) is 8.75. The lowest BCUT2D eigenvalue weighted by Gasteiger charge is -2.27. The van der Waals surface area contributed by atoms with Gasteiger partial charge in [-0.25, -0.2) is 0 Å². The Bertz CT molecular complexity index is 1170. The number of nitrogens with zero attached hydrogens (tertiary/aromatic N) is 2. The molecule has 1 aliphatic carbocycles. The van der Waals surface area contributed by atoms with Crippen LogP contribution in [0.3, 0.4) is 0 Å². The summed E-state index contributed by atoms with van der Waals surface area (Å²) in [5.74, 6) is 0.664. The molecule has 3 aromatic rings. The van der Waals surface area contributed by atoms with Crippen molar-refractivity contribution in [2.24, 2.45) is 5.92 Å². The Balaban J connectivity index is 1.09. The van der Waals surface area contributed by atoms with Crippen LogP contribution in [-0.4, -0.2) is 52.9 Å². The average molecular weight is 441 g/mol. The monoisotopic (exact) mass is 440 g/mol. The van der Waals surface area contributed by atoms with E-state index in [9.17, 15) is 0 Å². The molecule has 1 fully saturated rings. The van der Waals surface area contributed by atoms with Gasteiger partial charge in [-0.3, -0.25) is 10.00 Å². The zero-order chi connectivity index (χ0) is 22.3. The van der Waals surface area contributed by atoms with Crippen molar-refractivity contribution in [2.75, 3.05) is 32.8 Å². The van der Waals surface area contributed by atoms with Crippen molar-refractivity contribution in [2.45, 2.75) is 19.3 Å². The summed E-state index contributed by atoms with van der Waals surface area (Å²) >= 11 is 0. The Morgan fingerprint density at radius 3 is 2.88 bits per heavy atom. The predicted molar refractivity (Wildman–Crippen MR) is 137 cm³/mol. The van der Waals surface area contributed by atoms with Crippen LogP contribution in [0.15, 0.2) is 66.4 Å². The number of morpholine rings is 1. The van der Waals surface area contributed by atoms with Crippen LogP contribution < -0.4 is 0 Å². The largest absolute Gasteiger partial charge is 0.379 e. The molecule has 3 heterocycles. The maximum Gasteiger partial charge on any atom is 0.0854 e. The first kappa shape index (κ1) is 21.7. The number of allylic oxidation sites excluding steroid dienone is 5. The van der Waals surface area contributed by atoms with Gasteiger partial charge in [-0.05, 0) is 78.6 Å². The lowest BCUT2D eigenvalue weighted by Crippen LogP contribution is -2.36. The Kier molecular flexibility index (Phi) is 6.99. The first-order valence-electron chi connectivity index (χ1n) is 12.0. The van der Waals surface area contributed by atoms with E-state index in [0.29, 0.717) is 5.92 Å². The molecule has 2 aromatic heterocycles. The number of aromatic nitrogens is 3. The van der Waals surface area contributed by atoms with Gasteiger partial charge in [0, 0.05) is 24.8 Å². The first-order chi connectivity index (χ1) is 16.3. The minimum Gasteiger partial charge on any atom is -0.379 e. The molecule has 170 valence electrons. The molecule has 1 atom stereocenters. The third-order valence-electron chi connectivity index (χ3n) is 6.47. The van der Waals surface area contributed by atoms with Crippen molar-refractivity contribution in [1.29, 1.82) is 0 Å². The summed E-state index contributed by atoms with van der Waals surface area (Å²) < 4.78 is 5.43. The second-order valence-corrected chi connectivity index (χ2v) is 8.89. The third-order valence-corrected chi connectivity index (χ3v) is 6.47. The van der Waals surface area contributed by atoms with E-state index in [-0.39, 0.29) is 0 Å². The zero-order valence-corrected chi connectivity index (χ0v) is 19.0. The van der Waals surface area contributed by atoms with Gasteiger partial charge >= 0.3 is 0 Å². The standard InChI is InChI=1S/C28H32N4O/c1(15-32-16-18-33-19-17-32)2-22-3-5-23(6-4-22)8-11-26-21-27(31-30-26)12-9-24-7-10-25-13-14-29-28(25)20-24/h3,5-14,20-22,29H,1-2,4,15-19H2,(H,30,31)/b11-8+,12-9+. The summed E-state index contributed by atoms with van der Waals surface area (Å²) in [5.41, 5.74) is 5.51. The summed E-state index contributed by atoms with van der Waals surface area (Å²) in [6, 6.07) is 10.6. The predicted octanol–water partition coefficient (Wildman–Crippen LogP) is 5.69. The molecule has 5 heteroatoms. The highest BCUT2D eigenvalue weighted by Crippen LogP contribution is 2.22. The third kappa shape index (κ3) is 6.01. The molecule has 0 bridgehead atoms. The lowest BCUT2D eigenvalue weighted by atomic mass is 9.92. The van der Waals surface area contributed by atoms with Crippen LogP contribution in [0.25, 0.3) is 29.1 Å². The number of H-pyrrole nitrogens is 2. The van der Waals surface area contributed by atoms with Gasteiger partial charge in [0.2, 0.25) is 0 Å². The fourth-order valence-electron chi connectivity index (χ4n) is 4.48. The van der Waals surface area contributed by atoms with Crippen molar-refractivity contribution in [1.82, 2.24) is 20.1 Å². The van der Waals surface area contributed by atoms with Crippen LogP contribution in [0.1, 0.15) is 36.2 Å². The van der Waals surface area contributed by atoms with E-state index in [4.69, 9.17) is 4.74 Å². The summed E-state index contributed by atoms with van der Waals surface area (Å²) in [4.78, 5) is 5.78. The SMILES string of the molecule is C1=CC(CCCN2CCOCC2)CC=C1/C=C/c1cc(/C=C/c2ccc3cc[nH]c3c2)n[nH]1. The molecular weight excluding hydrogens is 408 g/mol. The highest BCUT2D eigenvalue weighted by molar-refractivity contribution is 5.83. The fourth-order valence-corrected chi connectivity index (χ4v) is 4.48. The Morgan fingerprint density at radius 2 is 2.00 bits per heavy atom. The zero-order valence-electron chi connectivity index (χ0n) is 19.0. The number of rotatable bonds is 8. The van der Waals surface area contributed by atoms with Crippen LogP contribution in [0.5, 0.6) is 0 Å². The molecule has 1 aliphatic heterocycles. The maximum atomic E-state index is 5.43. The summed E-state index contributed by atoms with van der Waals surface area (Å²) in [7, 11) is 0.